The van der Waals surface area contributed by atoms with Crippen LogP contribution in [0.5, 0.6) is 0 Å². The molecule has 15 heavy (non-hydrogen) atoms. The SMILES string of the molecule is CCCNCCCNCC1CCNCC1. The van der Waals surface area contributed by atoms with E-state index in [2.05, 4.69) is 22.9 Å². The molecular formula is C12H27N3. The van der Waals surface area contributed by atoms with Gasteiger partial charge in [-0.3, -0.25) is 0 Å². The average Bonchev–Trinajstić information content (AvgIpc) is 2.29. The molecule has 90 valence electrons. The average molecular weight is 213 g/mol. The van der Waals surface area contributed by atoms with Gasteiger partial charge in [-0.05, 0) is 70.9 Å². The zero-order valence-electron chi connectivity index (χ0n) is 10.1. The third-order valence-corrected chi connectivity index (χ3v) is 3.03. The summed E-state index contributed by atoms with van der Waals surface area (Å²) in [6.07, 6.45) is 5.19. The van der Waals surface area contributed by atoms with E-state index in [1.54, 1.807) is 0 Å². The highest BCUT2D eigenvalue weighted by Gasteiger charge is 2.11. The van der Waals surface area contributed by atoms with Crippen LogP contribution in [0.1, 0.15) is 32.6 Å². The highest BCUT2D eigenvalue weighted by atomic mass is 14.9. The summed E-state index contributed by atoms with van der Waals surface area (Å²) in [6, 6.07) is 0. The van der Waals surface area contributed by atoms with Crippen molar-refractivity contribution in [2.75, 3.05) is 39.3 Å². The molecule has 0 unspecified atom stereocenters. The standard InChI is InChI=1S/C12H27N3/c1-2-6-13-7-3-8-15-11-12-4-9-14-10-5-12/h12-15H,2-11H2,1H3. The van der Waals surface area contributed by atoms with Crippen molar-refractivity contribution in [1.29, 1.82) is 0 Å². The van der Waals surface area contributed by atoms with E-state index >= 15 is 0 Å². The van der Waals surface area contributed by atoms with Crippen LogP contribution in [0.3, 0.4) is 0 Å². The maximum Gasteiger partial charge on any atom is -0.00196 e. The van der Waals surface area contributed by atoms with Gasteiger partial charge in [0, 0.05) is 0 Å². The highest BCUT2D eigenvalue weighted by molar-refractivity contribution is 4.70. The topological polar surface area (TPSA) is 36.1 Å². The van der Waals surface area contributed by atoms with Crippen LogP contribution in [-0.2, 0) is 0 Å². The van der Waals surface area contributed by atoms with Crippen LogP contribution in [0.4, 0.5) is 0 Å². The molecule has 0 bridgehead atoms. The zero-order chi connectivity index (χ0) is 10.8. The second-order valence-corrected chi connectivity index (χ2v) is 4.50. The lowest BCUT2D eigenvalue weighted by molar-refractivity contribution is 0.356. The number of hydrogen-bond donors (Lipinski definition) is 3. The van der Waals surface area contributed by atoms with Gasteiger partial charge < -0.3 is 16.0 Å². The maximum absolute atomic E-state index is 3.56. The first-order chi connectivity index (χ1) is 7.43. The molecule has 1 heterocycles. The largest absolute Gasteiger partial charge is 0.317 e. The minimum Gasteiger partial charge on any atom is -0.317 e. The van der Waals surface area contributed by atoms with Crippen LogP contribution in [-0.4, -0.2) is 39.3 Å². The van der Waals surface area contributed by atoms with E-state index in [4.69, 9.17) is 0 Å². The molecular weight excluding hydrogens is 186 g/mol. The highest BCUT2D eigenvalue weighted by Crippen LogP contribution is 2.09. The first-order valence-electron chi connectivity index (χ1n) is 6.55. The van der Waals surface area contributed by atoms with Crippen molar-refractivity contribution < 1.29 is 0 Å². The van der Waals surface area contributed by atoms with Gasteiger partial charge in [0.25, 0.3) is 0 Å². The number of hydrogen-bond acceptors (Lipinski definition) is 3. The molecule has 0 atom stereocenters. The van der Waals surface area contributed by atoms with E-state index < -0.39 is 0 Å². The Labute approximate surface area is 94.4 Å². The Morgan fingerprint density at radius 1 is 1.07 bits per heavy atom. The molecule has 1 fully saturated rings. The van der Waals surface area contributed by atoms with Crippen LogP contribution in [0.25, 0.3) is 0 Å². The monoisotopic (exact) mass is 213 g/mol. The summed E-state index contributed by atoms with van der Waals surface area (Å²) in [5, 5.41) is 10.4. The Balaban J connectivity index is 1.79. The van der Waals surface area contributed by atoms with Gasteiger partial charge in [0.2, 0.25) is 0 Å². The van der Waals surface area contributed by atoms with Gasteiger partial charge in [0.1, 0.15) is 0 Å². The van der Waals surface area contributed by atoms with E-state index in [-0.39, 0.29) is 0 Å². The first kappa shape index (κ1) is 12.9. The summed E-state index contributed by atoms with van der Waals surface area (Å²) in [5.41, 5.74) is 0. The first-order valence-corrected chi connectivity index (χ1v) is 6.55. The van der Waals surface area contributed by atoms with Gasteiger partial charge >= 0.3 is 0 Å². The van der Waals surface area contributed by atoms with Crippen LogP contribution in [0.15, 0.2) is 0 Å². The normalized spacial score (nSPS) is 18.2. The van der Waals surface area contributed by atoms with E-state index in [9.17, 15) is 0 Å². The molecule has 1 saturated heterocycles. The lowest BCUT2D eigenvalue weighted by atomic mass is 9.98. The molecule has 0 spiro atoms. The van der Waals surface area contributed by atoms with Crippen molar-refractivity contribution in [3.05, 3.63) is 0 Å². The molecule has 0 aromatic heterocycles. The molecule has 1 aliphatic heterocycles. The molecule has 0 aliphatic carbocycles. The lowest BCUT2D eigenvalue weighted by Crippen LogP contribution is -2.34. The number of piperidine rings is 1. The van der Waals surface area contributed by atoms with Crippen molar-refractivity contribution >= 4 is 0 Å². The van der Waals surface area contributed by atoms with Crippen molar-refractivity contribution in [2.45, 2.75) is 32.6 Å². The fourth-order valence-electron chi connectivity index (χ4n) is 2.03. The fourth-order valence-corrected chi connectivity index (χ4v) is 2.03. The van der Waals surface area contributed by atoms with Crippen molar-refractivity contribution in [3.63, 3.8) is 0 Å². The van der Waals surface area contributed by atoms with Crippen LogP contribution in [0.2, 0.25) is 0 Å². The zero-order valence-corrected chi connectivity index (χ0v) is 10.1. The quantitative estimate of drug-likeness (QED) is 0.526. The summed E-state index contributed by atoms with van der Waals surface area (Å²) in [6.45, 7) is 9.34. The molecule has 3 N–H and O–H groups in total. The van der Waals surface area contributed by atoms with Gasteiger partial charge in [-0.25, -0.2) is 0 Å². The Morgan fingerprint density at radius 2 is 1.80 bits per heavy atom. The molecule has 0 saturated carbocycles. The summed E-state index contributed by atoms with van der Waals surface area (Å²) < 4.78 is 0. The lowest BCUT2D eigenvalue weighted by Gasteiger charge is -2.22. The van der Waals surface area contributed by atoms with Crippen molar-refractivity contribution in [2.24, 2.45) is 5.92 Å². The predicted molar refractivity (Wildman–Crippen MR) is 66.2 cm³/mol. The minimum atomic E-state index is 0.912. The fraction of sp³-hybridized carbons (Fsp3) is 1.00. The van der Waals surface area contributed by atoms with E-state index in [1.165, 1.54) is 51.9 Å². The van der Waals surface area contributed by atoms with Crippen LogP contribution in [0, 0.1) is 5.92 Å². The van der Waals surface area contributed by atoms with Crippen LogP contribution >= 0.6 is 0 Å². The summed E-state index contributed by atoms with van der Waals surface area (Å²) in [7, 11) is 0. The van der Waals surface area contributed by atoms with Gasteiger partial charge in [-0.1, -0.05) is 6.92 Å². The molecule has 3 nitrogen and oxygen atoms in total. The van der Waals surface area contributed by atoms with Gasteiger partial charge in [0.05, 0.1) is 0 Å². The smallest absolute Gasteiger partial charge is 0.00196 e. The van der Waals surface area contributed by atoms with Gasteiger partial charge in [-0.2, -0.15) is 0 Å². The van der Waals surface area contributed by atoms with E-state index in [1.807, 2.05) is 0 Å². The Kier molecular flexibility index (Phi) is 7.88. The molecule has 3 heteroatoms. The van der Waals surface area contributed by atoms with Crippen LogP contribution < -0.4 is 16.0 Å². The molecule has 0 amide bonds. The Morgan fingerprint density at radius 3 is 2.53 bits per heavy atom. The molecule has 0 aromatic rings. The molecule has 0 radical (unpaired) electrons. The van der Waals surface area contributed by atoms with Crippen molar-refractivity contribution in [1.82, 2.24) is 16.0 Å². The second-order valence-electron chi connectivity index (χ2n) is 4.50. The molecule has 1 aliphatic rings. The van der Waals surface area contributed by atoms with Crippen molar-refractivity contribution in [3.8, 4) is 0 Å². The Bertz CT molecular complexity index is 133. The Hall–Kier alpha value is -0.120. The van der Waals surface area contributed by atoms with Gasteiger partial charge in [-0.15, -0.1) is 0 Å². The molecule has 1 rings (SSSR count). The summed E-state index contributed by atoms with van der Waals surface area (Å²) >= 11 is 0. The summed E-state index contributed by atoms with van der Waals surface area (Å²) in [4.78, 5) is 0. The number of rotatable bonds is 8. The number of nitrogens with one attached hydrogen (secondary N) is 3. The second kappa shape index (κ2) is 9.13. The summed E-state index contributed by atoms with van der Waals surface area (Å²) in [5.74, 6) is 0.912. The molecule has 0 aromatic carbocycles. The predicted octanol–water partition coefficient (Wildman–Crippen LogP) is 0.965. The maximum atomic E-state index is 3.56. The minimum absolute atomic E-state index is 0.912. The van der Waals surface area contributed by atoms with E-state index in [0.717, 1.165) is 19.0 Å². The van der Waals surface area contributed by atoms with Gasteiger partial charge in [0.15, 0.2) is 0 Å². The van der Waals surface area contributed by atoms with E-state index in [0.29, 0.717) is 0 Å². The third kappa shape index (κ3) is 6.88. The third-order valence-electron chi connectivity index (χ3n) is 3.03.